The molecule has 0 fully saturated rings. The van der Waals surface area contributed by atoms with Gasteiger partial charge in [0.2, 0.25) is 0 Å². The van der Waals surface area contributed by atoms with E-state index >= 15 is 0 Å². The summed E-state index contributed by atoms with van der Waals surface area (Å²) in [5.74, 6) is 1.27. The van der Waals surface area contributed by atoms with Crippen molar-refractivity contribution in [2.75, 3.05) is 16.7 Å². The first-order valence-corrected chi connectivity index (χ1v) is 8.79. The maximum Gasteiger partial charge on any atom is 0.538 e. The highest BCUT2D eigenvalue weighted by Crippen LogP contribution is 2.47. The second-order valence-corrected chi connectivity index (χ2v) is 7.25. The minimum atomic E-state index is 0.203. The Morgan fingerprint density at radius 2 is 1.76 bits per heavy atom. The minimum absolute atomic E-state index is 0.203. The molecule has 3 heterocycles. The van der Waals surface area contributed by atoms with Gasteiger partial charge >= 0.3 is 6.98 Å². The highest BCUT2D eigenvalue weighted by molar-refractivity contribution is 6.85. The number of aromatic nitrogens is 1. The Labute approximate surface area is 149 Å². The molecule has 0 saturated heterocycles. The summed E-state index contributed by atoms with van der Waals surface area (Å²) in [7, 11) is 4.37. The van der Waals surface area contributed by atoms with E-state index in [1.54, 1.807) is 0 Å². The number of rotatable bonds is 0. The molecule has 2 aliphatic heterocycles. The predicted molar refractivity (Wildman–Crippen MR) is 105 cm³/mol. The first-order valence-electron chi connectivity index (χ1n) is 8.79. The van der Waals surface area contributed by atoms with Crippen molar-refractivity contribution in [1.29, 1.82) is 0 Å². The molecule has 0 unspecified atom stereocenters. The third-order valence-electron chi connectivity index (χ3n) is 5.55. The molecule has 25 heavy (non-hydrogen) atoms. The van der Waals surface area contributed by atoms with Gasteiger partial charge in [0, 0.05) is 5.46 Å². The third kappa shape index (κ3) is 1.80. The van der Waals surface area contributed by atoms with Crippen molar-refractivity contribution in [3.8, 4) is 11.1 Å². The monoisotopic (exact) mass is 326 g/mol. The van der Waals surface area contributed by atoms with Crippen LogP contribution in [0.2, 0.25) is 0 Å². The van der Waals surface area contributed by atoms with Crippen LogP contribution in [0.1, 0.15) is 11.1 Å². The standard InChI is InChI=1S/C21H21BN3/c1-14-12-17-16-9-5-6-10-18(16)22-24(4)19-11-7-8-15(2)20(19)25(22)21(17)23(3)13-14/h5-13H,1-4H3/q+1. The lowest BCUT2D eigenvalue weighted by Gasteiger charge is -2.29. The predicted octanol–water partition coefficient (Wildman–Crippen LogP) is 3.09. The van der Waals surface area contributed by atoms with Crippen LogP contribution in [-0.2, 0) is 7.05 Å². The van der Waals surface area contributed by atoms with Crippen molar-refractivity contribution in [3.05, 3.63) is 65.9 Å². The normalized spacial score (nSPS) is 14.2. The van der Waals surface area contributed by atoms with Crippen LogP contribution < -0.4 is 19.7 Å². The zero-order valence-electron chi connectivity index (χ0n) is 15.1. The number of benzene rings is 2. The van der Waals surface area contributed by atoms with Crippen LogP contribution in [0, 0.1) is 13.8 Å². The van der Waals surface area contributed by atoms with Gasteiger partial charge in [0.05, 0.1) is 24.5 Å². The molecule has 122 valence electrons. The fourth-order valence-corrected chi connectivity index (χ4v) is 4.59. The number of nitrogens with zero attached hydrogens (tertiary/aromatic N) is 3. The smallest absolute Gasteiger partial charge is 0.369 e. The molecule has 0 amide bonds. The Balaban J connectivity index is 1.92. The molecule has 5 rings (SSSR count). The van der Waals surface area contributed by atoms with E-state index in [2.05, 4.69) is 96.9 Å². The second kappa shape index (κ2) is 4.88. The van der Waals surface area contributed by atoms with Crippen LogP contribution >= 0.6 is 0 Å². The summed E-state index contributed by atoms with van der Waals surface area (Å²) in [5.41, 5.74) is 9.26. The molecule has 3 aromatic rings. The van der Waals surface area contributed by atoms with Crippen LogP contribution in [-0.4, -0.2) is 14.0 Å². The summed E-state index contributed by atoms with van der Waals surface area (Å²) in [5, 5.41) is 0. The average Bonchev–Trinajstić information content (AvgIpc) is 2.89. The van der Waals surface area contributed by atoms with Gasteiger partial charge in [-0.2, -0.15) is 0 Å². The maximum absolute atomic E-state index is 2.52. The quantitative estimate of drug-likeness (QED) is 0.464. The van der Waals surface area contributed by atoms with Crippen molar-refractivity contribution in [2.45, 2.75) is 13.8 Å². The second-order valence-electron chi connectivity index (χ2n) is 7.25. The lowest BCUT2D eigenvalue weighted by atomic mass is 9.60. The van der Waals surface area contributed by atoms with Crippen molar-refractivity contribution in [1.82, 2.24) is 0 Å². The highest BCUT2D eigenvalue weighted by atomic mass is 15.3. The summed E-state index contributed by atoms with van der Waals surface area (Å²) < 4.78 is 2.28. The first kappa shape index (κ1) is 14.6. The van der Waals surface area contributed by atoms with E-state index in [1.165, 1.54) is 44.9 Å². The largest absolute Gasteiger partial charge is 0.538 e. The Morgan fingerprint density at radius 3 is 2.60 bits per heavy atom. The third-order valence-corrected chi connectivity index (χ3v) is 5.55. The Morgan fingerprint density at radius 1 is 0.960 bits per heavy atom. The van der Waals surface area contributed by atoms with E-state index < -0.39 is 0 Å². The molecule has 0 N–H and O–H groups in total. The van der Waals surface area contributed by atoms with Gasteiger partial charge in [-0.05, 0) is 49.7 Å². The van der Waals surface area contributed by atoms with Gasteiger partial charge < -0.3 is 4.81 Å². The average molecular weight is 326 g/mol. The summed E-state index contributed by atoms with van der Waals surface area (Å²) in [4.78, 5) is 4.92. The van der Waals surface area contributed by atoms with Gasteiger partial charge in [-0.15, -0.1) is 0 Å². The fourth-order valence-electron chi connectivity index (χ4n) is 4.59. The maximum atomic E-state index is 2.52. The van der Waals surface area contributed by atoms with Crippen LogP contribution in [0.5, 0.6) is 0 Å². The van der Waals surface area contributed by atoms with Crippen molar-refractivity contribution in [2.24, 2.45) is 7.05 Å². The fraction of sp³-hybridized carbons (Fsp3) is 0.190. The van der Waals surface area contributed by atoms with E-state index in [9.17, 15) is 0 Å². The lowest BCUT2D eigenvalue weighted by molar-refractivity contribution is -0.657. The summed E-state index contributed by atoms with van der Waals surface area (Å²) in [6.45, 7) is 4.59. The van der Waals surface area contributed by atoms with Gasteiger partial charge in [0.1, 0.15) is 5.69 Å². The van der Waals surface area contributed by atoms with Gasteiger partial charge in [0.25, 0.3) is 5.82 Å². The van der Waals surface area contributed by atoms with Crippen molar-refractivity contribution in [3.63, 3.8) is 0 Å². The van der Waals surface area contributed by atoms with Crippen LogP contribution in [0.25, 0.3) is 11.1 Å². The number of hydrogen-bond donors (Lipinski definition) is 0. The minimum Gasteiger partial charge on any atom is -0.369 e. The Hall–Kier alpha value is -2.75. The lowest BCUT2D eigenvalue weighted by Crippen LogP contribution is -2.59. The molecule has 2 aliphatic rings. The SMILES string of the molecule is Cc1cc2c([n+](C)c1)N1B(c3ccccc3-2)N(C)c2cccc(C)c21. The first-order chi connectivity index (χ1) is 12.1. The molecule has 0 atom stereocenters. The van der Waals surface area contributed by atoms with Crippen LogP contribution in [0.4, 0.5) is 17.2 Å². The summed E-state index contributed by atoms with van der Waals surface area (Å²) >= 11 is 0. The molecule has 0 spiro atoms. The van der Waals surface area contributed by atoms with Crippen LogP contribution in [0.15, 0.2) is 54.7 Å². The van der Waals surface area contributed by atoms with Gasteiger partial charge in [-0.3, -0.25) is 4.81 Å². The number of para-hydroxylation sites is 1. The van der Waals surface area contributed by atoms with Gasteiger partial charge in [0.15, 0.2) is 0 Å². The summed E-state index contributed by atoms with van der Waals surface area (Å²) in [6, 6.07) is 17.8. The highest BCUT2D eigenvalue weighted by Gasteiger charge is 2.54. The molecule has 0 saturated carbocycles. The molecule has 0 aliphatic carbocycles. The van der Waals surface area contributed by atoms with E-state index in [-0.39, 0.29) is 6.98 Å². The molecule has 2 aromatic carbocycles. The zero-order valence-corrected chi connectivity index (χ0v) is 15.1. The van der Waals surface area contributed by atoms with Gasteiger partial charge in [-0.1, -0.05) is 36.4 Å². The summed E-state index contributed by atoms with van der Waals surface area (Å²) in [6.07, 6.45) is 2.22. The number of pyridine rings is 1. The van der Waals surface area contributed by atoms with Gasteiger partial charge in [-0.25, -0.2) is 4.57 Å². The van der Waals surface area contributed by atoms with E-state index in [1.807, 2.05) is 0 Å². The molecule has 0 radical (unpaired) electrons. The topological polar surface area (TPSA) is 10.4 Å². The van der Waals surface area contributed by atoms with Crippen molar-refractivity contribution < 1.29 is 4.57 Å². The number of anilines is 3. The Bertz CT molecular complexity index is 1030. The molecule has 4 heteroatoms. The van der Waals surface area contributed by atoms with Crippen molar-refractivity contribution >= 4 is 29.6 Å². The molecular formula is C21H21BN3+. The van der Waals surface area contributed by atoms with Crippen LogP contribution in [0.3, 0.4) is 0 Å². The molecule has 0 bridgehead atoms. The Kier molecular flexibility index (Phi) is 2.85. The van der Waals surface area contributed by atoms with E-state index in [0.29, 0.717) is 0 Å². The van der Waals surface area contributed by atoms with E-state index in [4.69, 9.17) is 0 Å². The molecule has 3 nitrogen and oxygen atoms in total. The number of fused-ring (bicyclic) bond motifs is 8. The molecular weight excluding hydrogens is 305 g/mol. The number of hydrogen-bond acceptors (Lipinski definition) is 2. The molecule has 1 aromatic heterocycles. The van der Waals surface area contributed by atoms with E-state index in [0.717, 1.165) is 0 Å². The number of aryl methyl sites for hydroxylation is 3. The zero-order chi connectivity index (χ0) is 17.3.